The molecule has 2 aliphatic rings. The third-order valence-electron chi connectivity index (χ3n) is 5.36. The summed E-state index contributed by atoms with van der Waals surface area (Å²) in [7, 11) is 0. The number of likely N-dealkylation sites (tertiary alicyclic amines) is 1. The number of aliphatic hydroxyl groups is 1. The Morgan fingerprint density at radius 3 is 2.75 bits per heavy atom. The minimum Gasteiger partial charge on any atom is -0.463 e. The Hall–Kier alpha value is -2.05. The van der Waals surface area contributed by atoms with Crippen LogP contribution in [0.15, 0.2) is 35.9 Å². The van der Waals surface area contributed by atoms with Crippen LogP contribution in [0.2, 0.25) is 0 Å². The van der Waals surface area contributed by atoms with E-state index in [1.54, 1.807) is 18.2 Å². The highest BCUT2D eigenvalue weighted by molar-refractivity contribution is 5.89. The Labute approximate surface area is 165 Å². The highest BCUT2D eigenvalue weighted by Crippen LogP contribution is 2.39. The lowest BCUT2D eigenvalue weighted by atomic mass is 9.93. The SMILES string of the molecule is CCCCOC(=O)/C=C1\CN(C(C(=O)C2CC2)c2ccccc2F)CCC1O. The smallest absolute Gasteiger partial charge is 0.330 e. The van der Waals surface area contributed by atoms with Gasteiger partial charge in [0, 0.05) is 30.6 Å². The number of nitrogens with zero attached hydrogens (tertiary/aromatic N) is 1. The van der Waals surface area contributed by atoms with Gasteiger partial charge in [-0.05, 0) is 37.3 Å². The van der Waals surface area contributed by atoms with Crippen LogP contribution in [-0.4, -0.2) is 47.6 Å². The first-order valence-electron chi connectivity index (χ1n) is 10.1. The molecule has 0 amide bonds. The van der Waals surface area contributed by atoms with E-state index in [2.05, 4.69) is 0 Å². The van der Waals surface area contributed by atoms with E-state index in [1.807, 2.05) is 11.8 Å². The fraction of sp³-hybridized carbons (Fsp3) is 0.545. The maximum atomic E-state index is 14.5. The van der Waals surface area contributed by atoms with Crippen LogP contribution in [-0.2, 0) is 14.3 Å². The van der Waals surface area contributed by atoms with Crippen LogP contribution >= 0.6 is 0 Å². The van der Waals surface area contributed by atoms with Crippen molar-refractivity contribution < 1.29 is 23.8 Å². The van der Waals surface area contributed by atoms with E-state index in [9.17, 15) is 19.1 Å². The van der Waals surface area contributed by atoms with Gasteiger partial charge in [0.2, 0.25) is 0 Å². The molecule has 1 saturated carbocycles. The van der Waals surface area contributed by atoms with Gasteiger partial charge >= 0.3 is 5.97 Å². The molecular weight excluding hydrogens is 361 g/mol. The maximum absolute atomic E-state index is 14.5. The number of aliphatic hydroxyl groups excluding tert-OH is 1. The van der Waals surface area contributed by atoms with Crippen LogP contribution in [0.25, 0.3) is 0 Å². The minimum absolute atomic E-state index is 0.0198. The monoisotopic (exact) mass is 389 g/mol. The molecule has 3 rings (SSSR count). The molecular formula is C22H28FNO4. The van der Waals surface area contributed by atoms with Crippen LogP contribution in [0, 0.1) is 11.7 Å². The number of halogens is 1. The largest absolute Gasteiger partial charge is 0.463 e. The second-order valence-corrected chi connectivity index (χ2v) is 7.62. The number of hydrogen-bond acceptors (Lipinski definition) is 5. The summed E-state index contributed by atoms with van der Waals surface area (Å²) < 4.78 is 19.6. The van der Waals surface area contributed by atoms with E-state index < -0.39 is 23.9 Å². The van der Waals surface area contributed by atoms with E-state index in [0.717, 1.165) is 25.7 Å². The van der Waals surface area contributed by atoms with Crippen LogP contribution in [0.5, 0.6) is 0 Å². The third kappa shape index (κ3) is 5.06. The number of ketones is 1. The number of hydrogen-bond donors (Lipinski definition) is 1. The van der Waals surface area contributed by atoms with Crippen molar-refractivity contribution in [2.45, 2.75) is 51.2 Å². The van der Waals surface area contributed by atoms with Gasteiger partial charge in [0.1, 0.15) is 5.82 Å². The molecule has 2 fully saturated rings. The molecule has 28 heavy (non-hydrogen) atoms. The fourth-order valence-electron chi connectivity index (χ4n) is 3.58. The van der Waals surface area contributed by atoms with Crippen molar-refractivity contribution in [2.24, 2.45) is 5.92 Å². The summed E-state index contributed by atoms with van der Waals surface area (Å²) in [6.07, 6.45) is 4.35. The minimum atomic E-state index is -0.757. The van der Waals surface area contributed by atoms with Gasteiger partial charge in [-0.1, -0.05) is 31.5 Å². The van der Waals surface area contributed by atoms with Gasteiger partial charge in [0.25, 0.3) is 0 Å². The summed E-state index contributed by atoms with van der Waals surface area (Å²) in [4.78, 5) is 26.9. The zero-order valence-corrected chi connectivity index (χ0v) is 16.3. The first kappa shape index (κ1) is 20.7. The topological polar surface area (TPSA) is 66.8 Å². The third-order valence-corrected chi connectivity index (χ3v) is 5.36. The highest BCUT2D eigenvalue weighted by Gasteiger charge is 2.41. The number of unbranched alkanes of at least 4 members (excludes halogenated alkanes) is 1. The molecule has 1 N–H and O–H groups in total. The molecule has 1 aliphatic heterocycles. The zero-order valence-electron chi connectivity index (χ0n) is 16.3. The van der Waals surface area contributed by atoms with Gasteiger partial charge in [0.05, 0.1) is 18.8 Å². The number of carbonyl (C=O) groups is 2. The lowest BCUT2D eigenvalue weighted by molar-refractivity contribution is -0.138. The second kappa shape index (κ2) is 9.43. The lowest BCUT2D eigenvalue weighted by Crippen LogP contribution is -2.44. The molecule has 0 bridgehead atoms. The summed E-state index contributed by atoms with van der Waals surface area (Å²) in [5, 5.41) is 10.3. The van der Waals surface area contributed by atoms with E-state index >= 15 is 0 Å². The number of carbonyl (C=O) groups excluding carboxylic acids is 2. The predicted octanol–water partition coefficient (Wildman–Crippen LogP) is 3.18. The molecule has 152 valence electrons. The summed E-state index contributed by atoms with van der Waals surface area (Å²) >= 11 is 0. The Morgan fingerprint density at radius 2 is 2.07 bits per heavy atom. The first-order chi connectivity index (χ1) is 13.5. The summed E-state index contributed by atoms with van der Waals surface area (Å²) in [6.45, 7) is 3.05. The van der Waals surface area contributed by atoms with Crippen molar-refractivity contribution in [1.29, 1.82) is 0 Å². The number of piperidine rings is 1. The standard InChI is InChI=1S/C22H28FNO4/c1-2-3-12-28-20(26)13-16-14-24(11-10-19(16)25)21(22(27)15-8-9-15)17-6-4-5-7-18(17)23/h4-7,13,15,19,21,25H,2-3,8-12,14H2,1H3/b16-13+. The molecule has 0 spiro atoms. The average molecular weight is 389 g/mol. The number of benzene rings is 1. The number of Topliss-reactive ketones (excluding diaryl/α,β-unsaturated/α-hetero) is 1. The van der Waals surface area contributed by atoms with Crippen molar-refractivity contribution in [3.05, 3.63) is 47.3 Å². The Balaban J connectivity index is 1.80. The highest BCUT2D eigenvalue weighted by atomic mass is 19.1. The molecule has 1 aliphatic carbocycles. The molecule has 1 aromatic rings. The van der Waals surface area contributed by atoms with Crippen LogP contribution < -0.4 is 0 Å². The summed E-state index contributed by atoms with van der Waals surface area (Å²) in [5.74, 6) is -0.897. The Kier molecular flexibility index (Phi) is 6.97. The van der Waals surface area contributed by atoms with Crippen LogP contribution in [0.3, 0.4) is 0 Å². The van der Waals surface area contributed by atoms with Crippen molar-refractivity contribution >= 4 is 11.8 Å². The van der Waals surface area contributed by atoms with Crippen molar-refractivity contribution in [3.8, 4) is 0 Å². The van der Waals surface area contributed by atoms with Crippen LogP contribution in [0.1, 0.15) is 50.6 Å². The molecule has 2 atom stereocenters. The Morgan fingerprint density at radius 1 is 1.32 bits per heavy atom. The molecule has 5 nitrogen and oxygen atoms in total. The maximum Gasteiger partial charge on any atom is 0.330 e. The van der Waals surface area contributed by atoms with Crippen molar-refractivity contribution in [3.63, 3.8) is 0 Å². The molecule has 1 aromatic carbocycles. The van der Waals surface area contributed by atoms with E-state index in [0.29, 0.717) is 30.7 Å². The number of ether oxygens (including phenoxy) is 1. The van der Waals surface area contributed by atoms with Gasteiger partial charge in [-0.15, -0.1) is 0 Å². The van der Waals surface area contributed by atoms with Gasteiger partial charge in [0.15, 0.2) is 5.78 Å². The average Bonchev–Trinajstić information content (AvgIpc) is 3.51. The fourth-order valence-corrected chi connectivity index (χ4v) is 3.58. The molecule has 1 saturated heterocycles. The summed E-state index contributed by atoms with van der Waals surface area (Å²) in [6, 6.07) is 5.65. The van der Waals surface area contributed by atoms with Gasteiger partial charge in [-0.25, -0.2) is 9.18 Å². The quantitative estimate of drug-likeness (QED) is 0.420. The van der Waals surface area contributed by atoms with Crippen molar-refractivity contribution in [1.82, 2.24) is 4.90 Å². The lowest BCUT2D eigenvalue weighted by Gasteiger charge is -2.37. The van der Waals surface area contributed by atoms with Gasteiger partial charge in [-0.2, -0.15) is 0 Å². The second-order valence-electron chi connectivity index (χ2n) is 7.62. The molecule has 0 aromatic heterocycles. The number of esters is 1. The van der Waals surface area contributed by atoms with E-state index in [-0.39, 0.29) is 18.2 Å². The van der Waals surface area contributed by atoms with Crippen LogP contribution in [0.4, 0.5) is 4.39 Å². The summed E-state index contributed by atoms with van der Waals surface area (Å²) in [5.41, 5.74) is 0.873. The van der Waals surface area contributed by atoms with Crippen molar-refractivity contribution in [2.75, 3.05) is 19.7 Å². The molecule has 6 heteroatoms. The number of rotatable bonds is 8. The first-order valence-corrected chi connectivity index (χ1v) is 10.1. The molecule has 0 radical (unpaired) electrons. The van der Waals surface area contributed by atoms with Gasteiger partial charge in [-0.3, -0.25) is 9.69 Å². The molecule has 2 unspecified atom stereocenters. The zero-order chi connectivity index (χ0) is 20.1. The predicted molar refractivity (Wildman–Crippen MR) is 103 cm³/mol. The molecule has 1 heterocycles. The normalized spacial score (nSPS) is 22.8. The van der Waals surface area contributed by atoms with E-state index in [1.165, 1.54) is 12.1 Å². The van der Waals surface area contributed by atoms with E-state index in [4.69, 9.17) is 4.74 Å². The Bertz CT molecular complexity index is 744. The van der Waals surface area contributed by atoms with Gasteiger partial charge < -0.3 is 9.84 Å².